The third-order valence-corrected chi connectivity index (χ3v) is 6.60. The van der Waals surface area contributed by atoms with Gasteiger partial charge in [-0.25, -0.2) is 0 Å². The average molecular weight is 339 g/mol. The molecule has 0 aliphatic heterocycles. The summed E-state index contributed by atoms with van der Waals surface area (Å²) in [5.41, 5.74) is 0.465. The van der Waals surface area contributed by atoms with Gasteiger partial charge in [-0.3, -0.25) is 0 Å². The van der Waals surface area contributed by atoms with E-state index in [-0.39, 0.29) is 0 Å². The molecule has 0 saturated carbocycles. The lowest BCUT2D eigenvalue weighted by Gasteiger charge is -2.37. The van der Waals surface area contributed by atoms with Crippen molar-refractivity contribution in [2.24, 2.45) is 46.8 Å². The summed E-state index contributed by atoms with van der Waals surface area (Å²) in [5, 5.41) is 0. The van der Waals surface area contributed by atoms with E-state index in [0.717, 1.165) is 41.4 Å². The van der Waals surface area contributed by atoms with Crippen molar-refractivity contribution in [2.45, 2.75) is 108 Å². The van der Waals surface area contributed by atoms with E-state index >= 15 is 0 Å². The van der Waals surface area contributed by atoms with E-state index < -0.39 is 0 Å². The SMILES string of the molecule is CCC(C)C(CC)C(CC(C)C(C)CC(C)CC(C)(C)C)C(C)C. The van der Waals surface area contributed by atoms with Gasteiger partial charge in [0.15, 0.2) is 0 Å². The maximum atomic E-state index is 2.52. The molecule has 0 aromatic rings. The number of hydrogen-bond acceptors (Lipinski definition) is 0. The summed E-state index contributed by atoms with van der Waals surface area (Å²) >= 11 is 0. The first-order valence-electron chi connectivity index (χ1n) is 10.9. The minimum Gasteiger partial charge on any atom is -0.0651 e. The molecular formula is C24H50. The maximum Gasteiger partial charge on any atom is -0.0358 e. The number of rotatable bonds is 11. The molecule has 6 unspecified atom stereocenters. The zero-order chi connectivity index (χ0) is 19.1. The fourth-order valence-corrected chi connectivity index (χ4v) is 5.03. The molecule has 0 aromatic carbocycles. The van der Waals surface area contributed by atoms with Crippen LogP contribution in [0.5, 0.6) is 0 Å². The van der Waals surface area contributed by atoms with Gasteiger partial charge in [0, 0.05) is 0 Å². The molecule has 146 valence electrons. The van der Waals surface area contributed by atoms with E-state index in [1.54, 1.807) is 0 Å². The van der Waals surface area contributed by atoms with Gasteiger partial charge in [0.25, 0.3) is 0 Å². The minimum absolute atomic E-state index is 0.465. The van der Waals surface area contributed by atoms with Gasteiger partial charge < -0.3 is 0 Å². The Hall–Kier alpha value is 0. The molecule has 0 bridgehead atoms. The molecule has 0 radical (unpaired) electrons. The highest BCUT2D eigenvalue weighted by atomic mass is 14.4. The monoisotopic (exact) mass is 338 g/mol. The van der Waals surface area contributed by atoms with Crippen LogP contribution in [0.1, 0.15) is 108 Å². The van der Waals surface area contributed by atoms with Crippen molar-refractivity contribution in [2.75, 3.05) is 0 Å². The van der Waals surface area contributed by atoms with Gasteiger partial charge in [-0.2, -0.15) is 0 Å². The van der Waals surface area contributed by atoms with Crippen molar-refractivity contribution in [3.8, 4) is 0 Å². The fourth-order valence-electron chi connectivity index (χ4n) is 5.03. The molecule has 0 saturated heterocycles. The third kappa shape index (κ3) is 8.91. The molecular weight excluding hydrogens is 288 g/mol. The van der Waals surface area contributed by atoms with Crippen LogP contribution in [0.2, 0.25) is 0 Å². The molecule has 0 fully saturated rings. The predicted molar refractivity (Wildman–Crippen MR) is 112 cm³/mol. The molecule has 0 amide bonds. The van der Waals surface area contributed by atoms with Crippen LogP contribution in [0, 0.1) is 46.8 Å². The summed E-state index contributed by atoms with van der Waals surface area (Å²) in [7, 11) is 0. The highest BCUT2D eigenvalue weighted by Gasteiger charge is 2.30. The van der Waals surface area contributed by atoms with E-state index in [9.17, 15) is 0 Å². The van der Waals surface area contributed by atoms with Crippen molar-refractivity contribution in [1.29, 1.82) is 0 Å². The summed E-state index contributed by atoms with van der Waals surface area (Å²) in [5.74, 6) is 6.00. The fraction of sp³-hybridized carbons (Fsp3) is 1.00. The molecule has 24 heavy (non-hydrogen) atoms. The quantitative estimate of drug-likeness (QED) is 0.354. The van der Waals surface area contributed by atoms with Crippen LogP contribution >= 0.6 is 0 Å². The maximum absolute atomic E-state index is 2.52. The first kappa shape index (κ1) is 24.0. The second-order valence-electron chi connectivity index (χ2n) is 10.7. The molecule has 6 atom stereocenters. The van der Waals surface area contributed by atoms with E-state index in [2.05, 4.69) is 76.2 Å². The summed E-state index contributed by atoms with van der Waals surface area (Å²) < 4.78 is 0. The van der Waals surface area contributed by atoms with Crippen LogP contribution in [0.4, 0.5) is 0 Å². The molecule has 0 spiro atoms. The molecule has 0 heteroatoms. The summed E-state index contributed by atoms with van der Waals surface area (Å²) in [6, 6.07) is 0. The summed E-state index contributed by atoms with van der Waals surface area (Å²) in [6.07, 6.45) is 6.84. The molecule has 0 aromatic heterocycles. The Balaban J connectivity index is 4.79. The van der Waals surface area contributed by atoms with Crippen LogP contribution in [0.25, 0.3) is 0 Å². The van der Waals surface area contributed by atoms with Crippen LogP contribution < -0.4 is 0 Å². The lowest BCUT2D eigenvalue weighted by Crippen LogP contribution is -2.29. The molecule has 0 heterocycles. The molecule has 0 rings (SSSR count). The lowest BCUT2D eigenvalue weighted by atomic mass is 9.68. The Labute approximate surface area is 155 Å². The number of hydrogen-bond donors (Lipinski definition) is 0. The summed E-state index contributed by atoms with van der Waals surface area (Å²) in [4.78, 5) is 0. The second-order valence-corrected chi connectivity index (χ2v) is 10.7. The largest absolute Gasteiger partial charge is 0.0651 e. The first-order chi connectivity index (χ1) is 10.9. The Bertz CT molecular complexity index is 308. The van der Waals surface area contributed by atoms with Crippen LogP contribution in [0.15, 0.2) is 0 Å². The minimum atomic E-state index is 0.465. The molecule has 0 nitrogen and oxygen atoms in total. The van der Waals surface area contributed by atoms with Crippen LogP contribution in [0.3, 0.4) is 0 Å². The molecule has 0 N–H and O–H groups in total. The van der Waals surface area contributed by atoms with Crippen molar-refractivity contribution in [3.63, 3.8) is 0 Å². The van der Waals surface area contributed by atoms with Crippen molar-refractivity contribution < 1.29 is 0 Å². The Kier molecular flexibility index (Phi) is 10.9. The van der Waals surface area contributed by atoms with E-state index in [1.165, 1.54) is 32.1 Å². The predicted octanol–water partition coefficient (Wildman–Crippen LogP) is 8.46. The standard InChI is InChI=1S/C24H50/c1-12-19(6)22(13-2)23(17(3)4)15-21(8)20(7)14-18(5)16-24(9,10)11/h17-23H,12-16H2,1-11H3. The highest BCUT2D eigenvalue weighted by molar-refractivity contribution is 4.80. The van der Waals surface area contributed by atoms with Gasteiger partial charge >= 0.3 is 0 Å². The summed E-state index contributed by atoms with van der Waals surface area (Å²) in [6.45, 7) is 26.8. The Morgan fingerprint density at radius 3 is 1.50 bits per heavy atom. The lowest BCUT2D eigenvalue weighted by molar-refractivity contribution is 0.127. The van der Waals surface area contributed by atoms with Gasteiger partial charge in [0.2, 0.25) is 0 Å². The Morgan fingerprint density at radius 1 is 0.625 bits per heavy atom. The molecule has 0 aliphatic carbocycles. The average Bonchev–Trinajstić information content (AvgIpc) is 2.43. The van der Waals surface area contributed by atoms with E-state index in [4.69, 9.17) is 0 Å². The van der Waals surface area contributed by atoms with E-state index in [0.29, 0.717) is 5.41 Å². The van der Waals surface area contributed by atoms with Crippen molar-refractivity contribution in [3.05, 3.63) is 0 Å². The third-order valence-electron chi connectivity index (χ3n) is 6.60. The van der Waals surface area contributed by atoms with Gasteiger partial charge in [0.1, 0.15) is 0 Å². The highest BCUT2D eigenvalue weighted by Crippen LogP contribution is 2.39. The zero-order valence-corrected chi connectivity index (χ0v) is 19.1. The van der Waals surface area contributed by atoms with Gasteiger partial charge in [0.05, 0.1) is 0 Å². The first-order valence-corrected chi connectivity index (χ1v) is 10.9. The second kappa shape index (κ2) is 10.9. The van der Waals surface area contributed by atoms with Crippen molar-refractivity contribution in [1.82, 2.24) is 0 Å². The topological polar surface area (TPSA) is 0 Å². The van der Waals surface area contributed by atoms with Gasteiger partial charge in [-0.05, 0) is 66.1 Å². The van der Waals surface area contributed by atoms with E-state index in [1.807, 2.05) is 0 Å². The normalized spacial score (nSPS) is 20.5. The van der Waals surface area contributed by atoms with Gasteiger partial charge in [-0.1, -0.05) is 89.0 Å². The smallest absolute Gasteiger partial charge is 0.0358 e. The Morgan fingerprint density at radius 2 is 1.12 bits per heavy atom. The van der Waals surface area contributed by atoms with Crippen LogP contribution in [-0.2, 0) is 0 Å². The zero-order valence-electron chi connectivity index (χ0n) is 19.1. The van der Waals surface area contributed by atoms with Crippen molar-refractivity contribution >= 4 is 0 Å². The van der Waals surface area contributed by atoms with Crippen LogP contribution in [-0.4, -0.2) is 0 Å². The molecule has 0 aliphatic rings. The van der Waals surface area contributed by atoms with Gasteiger partial charge in [-0.15, -0.1) is 0 Å².